The highest BCUT2D eigenvalue weighted by molar-refractivity contribution is 8.00. The van der Waals surface area contributed by atoms with Crippen molar-refractivity contribution in [3.63, 3.8) is 0 Å². The molecule has 0 aromatic carbocycles. The lowest BCUT2D eigenvalue weighted by Gasteiger charge is -2.57. The van der Waals surface area contributed by atoms with Gasteiger partial charge < -0.3 is 15.2 Å². The van der Waals surface area contributed by atoms with Crippen molar-refractivity contribution in [1.82, 2.24) is 10.2 Å². The van der Waals surface area contributed by atoms with E-state index in [1.807, 2.05) is 5.32 Å². The molecule has 3 heterocycles. The van der Waals surface area contributed by atoms with Crippen LogP contribution in [0.1, 0.15) is 11.8 Å². The summed E-state index contributed by atoms with van der Waals surface area (Å²) in [6.07, 6.45) is -5.50. The van der Waals surface area contributed by atoms with Crippen LogP contribution in [0.3, 0.4) is 0 Å². The number of amides is 2. The van der Waals surface area contributed by atoms with Crippen molar-refractivity contribution in [3.8, 4) is 0 Å². The van der Waals surface area contributed by atoms with E-state index < -0.39 is 53.1 Å². The summed E-state index contributed by atoms with van der Waals surface area (Å²) in [5.74, 6) is -5.15. The minimum absolute atomic E-state index is 0.00649. The topological polar surface area (TPSA) is 113 Å². The molecule has 2 N–H and O–H groups in total. The van der Waals surface area contributed by atoms with Crippen molar-refractivity contribution in [2.45, 2.75) is 30.4 Å². The number of halogens is 3. The third kappa shape index (κ3) is 3.67. The highest BCUT2D eigenvalue weighted by atomic mass is 32.2. The van der Waals surface area contributed by atoms with Gasteiger partial charge in [0.1, 0.15) is 17.7 Å². The third-order valence-corrected chi connectivity index (χ3v) is 6.77. The number of ether oxygens (including phenoxy) is 1. The van der Waals surface area contributed by atoms with E-state index in [9.17, 15) is 37.5 Å². The number of nitrogens with zero attached hydrogens (tertiary/aromatic N) is 1. The fraction of sp³-hybridized carbons (Fsp3) is 0.412. The number of nitrogens with one attached hydrogen (secondary N) is 1. The SMILES string of the molecule is CC(=O)OCC1=C(C(=O)O)N2C(=O)C(NC(=O)Cc3cccs3)(C(F)(F)F)[C@H]2SC1. The van der Waals surface area contributed by atoms with Gasteiger partial charge in [0.05, 0.1) is 6.42 Å². The van der Waals surface area contributed by atoms with Gasteiger partial charge in [-0.15, -0.1) is 23.1 Å². The van der Waals surface area contributed by atoms with Crippen LogP contribution in [0, 0.1) is 0 Å². The summed E-state index contributed by atoms with van der Waals surface area (Å²) in [5, 5.41) is 11.2. The van der Waals surface area contributed by atoms with E-state index in [0.29, 0.717) is 21.5 Å². The summed E-state index contributed by atoms with van der Waals surface area (Å²) in [5.41, 5.74) is -3.91. The monoisotopic (exact) mass is 464 g/mol. The number of β-lactam (4-membered cyclic amide) rings is 1. The standard InChI is InChI=1S/C17H15F3N2O6S2/c1-8(23)28-6-9-7-30-15-16(17(18,19)20,14(27)22(15)12(9)13(25)26)21-11(24)5-10-3-2-4-29-10/h2-4,15H,5-7H2,1H3,(H,21,24)(H,25,26)/t15-,16?/m1/s1. The number of hydrogen-bond acceptors (Lipinski definition) is 7. The van der Waals surface area contributed by atoms with Gasteiger partial charge in [0.2, 0.25) is 11.4 Å². The molecule has 0 bridgehead atoms. The van der Waals surface area contributed by atoms with Crippen molar-refractivity contribution in [2.24, 2.45) is 0 Å². The average Bonchev–Trinajstić information content (AvgIpc) is 3.14. The van der Waals surface area contributed by atoms with E-state index in [1.54, 1.807) is 17.5 Å². The number of thioether (sulfide) groups is 1. The first kappa shape index (κ1) is 22.2. The number of carboxylic acids is 1. The molecule has 3 rings (SSSR count). The number of alkyl halides is 3. The molecule has 1 fully saturated rings. The van der Waals surface area contributed by atoms with Crippen molar-refractivity contribution in [1.29, 1.82) is 0 Å². The maximum absolute atomic E-state index is 14.0. The van der Waals surface area contributed by atoms with Crippen molar-refractivity contribution < 1.29 is 42.2 Å². The van der Waals surface area contributed by atoms with Gasteiger partial charge in [0.25, 0.3) is 5.91 Å². The molecule has 2 atom stereocenters. The van der Waals surface area contributed by atoms with Crippen LogP contribution in [0.4, 0.5) is 13.2 Å². The molecule has 13 heteroatoms. The first-order valence-electron chi connectivity index (χ1n) is 8.43. The Kier molecular flexibility index (Phi) is 5.87. The van der Waals surface area contributed by atoms with Crippen LogP contribution >= 0.6 is 23.1 Å². The Morgan fingerprint density at radius 2 is 2.10 bits per heavy atom. The number of rotatable bonds is 6. The molecule has 1 unspecified atom stereocenters. The maximum Gasteiger partial charge on any atom is 0.423 e. The highest BCUT2D eigenvalue weighted by Crippen LogP contribution is 2.53. The van der Waals surface area contributed by atoms with E-state index in [-0.39, 0.29) is 17.7 Å². The van der Waals surface area contributed by atoms with Gasteiger partial charge in [0.15, 0.2) is 0 Å². The molecule has 1 saturated heterocycles. The van der Waals surface area contributed by atoms with Gasteiger partial charge >= 0.3 is 18.1 Å². The van der Waals surface area contributed by atoms with Gasteiger partial charge in [-0.05, 0) is 11.4 Å². The molecule has 162 valence electrons. The number of hydrogen-bond donors (Lipinski definition) is 2. The maximum atomic E-state index is 14.0. The lowest BCUT2D eigenvalue weighted by molar-refractivity contribution is -0.233. The van der Waals surface area contributed by atoms with Gasteiger partial charge in [-0.3, -0.25) is 19.3 Å². The van der Waals surface area contributed by atoms with Crippen molar-refractivity contribution >= 4 is 46.9 Å². The smallest absolute Gasteiger partial charge is 0.423 e. The second-order valence-electron chi connectivity index (χ2n) is 6.49. The normalized spacial score (nSPS) is 23.5. The minimum atomic E-state index is -5.15. The molecule has 0 spiro atoms. The van der Waals surface area contributed by atoms with E-state index >= 15 is 0 Å². The number of fused-ring (bicyclic) bond motifs is 1. The number of thiophene rings is 1. The minimum Gasteiger partial charge on any atom is -0.477 e. The number of aliphatic carboxylic acids is 1. The second kappa shape index (κ2) is 7.95. The van der Waals surface area contributed by atoms with Gasteiger partial charge in [-0.1, -0.05) is 6.07 Å². The Hall–Kier alpha value is -2.54. The zero-order valence-corrected chi connectivity index (χ0v) is 16.9. The summed E-state index contributed by atoms with van der Waals surface area (Å²) in [7, 11) is 0. The lowest BCUT2D eigenvalue weighted by atomic mass is 9.85. The predicted molar refractivity (Wildman–Crippen MR) is 99.3 cm³/mol. The van der Waals surface area contributed by atoms with Crippen LogP contribution in [0.2, 0.25) is 0 Å². The summed E-state index contributed by atoms with van der Waals surface area (Å²) in [6, 6.07) is 3.20. The van der Waals surface area contributed by atoms with E-state index in [4.69, 9.17) is 4.74 Å². The van der Waals surface area contributed by atoms with Crippen LogP contribution in [-0.4, -0.2) is 63.2 Å². The molecule has 1 aromatic rings. The van der Waals surface area contributed by atoms with E-state index in [1.165, 1.54) is 11.3 Å². The molecule has 0 radical (unpaired) electrons. The first-order chi connectivity index (χ1) is 14.0. The quantitative estimate of drug-likeness (QED) is 0.485. The molecule has 8 nitrogen and oxygen atoms in total. The first-order valence-corrected chi connectivity index (χ1v) is 10.4. The predicted octanol–water partition coefficient (Wildman–Crippen LogP) is 1.52. The largest absolute Gasteiger partial charge is 0.477 e. The number of carbonyl (C=O) groups excluding carboxylic acids is 3. The Labute approximate surface area is 176 Å². The molecule has 2 aliphatic heterocycles. The molecule has 30 heavy (non-hydrogen) atoms. The van der Waals surface area contributed by atoms with Crippen LogP contribution in [-0.2, 0) is 30.3 Å². The molecule has 1 aromatic heterocycles. The summed E-state index contributed by atoms with van der Waals surface area (Å²) < 4.78 is 46.7. The Balaban J connectivity index is 1.91. The number of esters is 1. The third-order valence-electron chi connectivity index (χ3n) is 4.50. The fourth-order valence-electron chi connectivity index (χ4n) is 3.20. The van der Waals surface area contributed by atoms with Gasteiger partial charge in [0, 0.05) is 23.1 Å². The average molecular weight is 464 g/mol. The van der Waals surface area contributed by atoms with E-state index in [0.717, 1.165) is 6.92 Å². The van der Waals surface area contributed by atoms with Gasteiger partial charge in [-0.25, -0.2) is 4.79 Å². The Morgan fingerprint density at radius 1 is 1.40 bits per heavy atom. The molecule has 0 aliphatic carbocycles. The van der Waals surface area contributed by atoms with Crippen molar-refractivity contribution in [2.75, 3.05) is 12.4 Å². The molecular weight excluding hydrogens is 449 g/mol. The van der Waals surface area contributed by atoms with Crippen molar-refractivity contribution in [3.05, 3.63) is 33.7 Å². The molecular formula is C17H15F3N2O6S2. The Bertz CT molecular complexity index is 930. The highest BCUT2D eigenvalue weighted by Gasteiger charge is 2.77. The molecule has 0 saturated carbocycles. The van der Waals surface area contributed by atoms with Crippen LogP contribution in [0.5, 0.6) is 0 Å². The summed E-state index contributed by atoms with van der Waals surface area (Å²) in [6.45, 7) is 0.622. The fourth-order valence-corrected chi connectivity index (χ4v) is 5.38. The molecule has 2 amide bonds. The Morgan fingerprint density at radius 3 is 2.63 bits per heavy atom. The lowest BCUT2D eigenvalue weighted by Crippen LogP contribution is -2.85. The van der Waals surface area contributed by atoms with Crippen LogP contribution < -0.4 is 5.32 Å². The summed E-state index contributed by atoms with van der Waals surface area (Å²) >= 11 is 1.82. The molecule has 2 aliphatic rings. The van der Waals surface area contributed by atoms with E-state index in [2.05, 4.69) is 0 Å². The number of carbonyl (C=O) groups is 4. The van der Waals surface area contributed by atoms with Crippen LogP contribution in [0.25, 0.3) is 0 Å². The summed E-state index contributed by atoms with van der Waals surface area (Å²) in [4.78, 5) is 48.6. The zero-order valence-electron chi connectivity index (χ0n) is 15.3. The van der Waals surface area contributed by atoms with Gasteiger partial charge in [-0.2, -0.15) is 13.2 Å². The zero-order chi connectivity index (χ0) is 22.3. The second-order valence-corrected chi connectivity index (χ2v) is 8.59. The number of carboxylic acid groups (broad SMARTS) is 1. The van der Waals surface area contributed by atoms with Crippen LogP contribution in [0.15, 0.2) is 28.8 Å².